The van der Waals surface area contributed by atoms with Gasteiger partial charge in [-0.25, -0.2) is 4.39 Å². The van der Waals surface area contributed by atoms with Crippen LogP contribution in [0, 0.1) is 5.82 Å². The Morgan fingerprint density at radius 1 is 1.00 bits per heavy atom. The number of nitrogens with one attached hydrogen (secondary N) is 1. The zero-order valence-electron chi connectivity index (χ0n) is 13.5. The van der Waals surface area contributed by atoms with Crippen molar-refractivity contribution >= 4 is 11.7 Å². The molecule has 1 aromatic carbocycles. The van der Waals surface area contributed by atoms with Crippen molar-refractivity contribution in [2.24, 2.45) is 0 Å². The van der Waals surface area contributed by atoms with Crippen LogP contribution < -0.4 is 5.32 Å². The van der Waals surface area contributed by atoms with Crippen molar-refractivity contribution in [3.8, 4) is 0 Å². The van der Waals surface area contributed by atoms with E-state index >= 15 is 0 Å². The Labute approximate surface area is 140 Å². The molecule has 0 spiro atoms. The number of likely N-dealkylation sites (tertiary alicyclic amines) is 1. The summed E-state index contributed by atoms with van der Waals surface area (Å²) in [6.45, 7) is 2.12. The molecule has 0 atom stereocenters. The van der Waals surface area contributed by atoms with Crippen molar-refractivity contribution in [1.29, 1.82) is 0 Å². The maximum absolute atomic E-state index is 12.9. The van der Waals surface area contributed by atoms with Crippen LogP contribution in [0.2, 0.25) is 0 Å². The number of nitrogens with zero attached hydrogens (tertiary/aromatic N) is 3. The van der Waals surface area contributed by atoms with Gasteiger partial charge in [-0.3, -0.25) is 4.79 Å². The molecule has 1 fully saturated rings. The Morgan fingerprint density at radius 2 is 1.71 bits per heavy atom. The summed E-state index contributed by atoms with van der Waals surface area (Å²) in [4.78, 5) is 14.3. The molecule has 0 aliphatic carbocycles. The molecule has 1 aliphatic heterocycles. The Kier molecular flexibility index (Phi) is 5.36. The van der Waals surface area contributed by atoms with Gasteiger partial charge in [-0.1, -0.05) is 25.0 Å². The van der Waals surface area contributed by atoms with E-state index in [4.69, 9.17) is 0 Å². The molecule has 2 heterocycles. The highest BCUT2D eigenvalue weighted by atomic mass is 19.1. The molecule has 126 valence electrons. The molecule has 1 aliphatic rings. The van der Waals surface area contributed by atoms with Crippen LogP contribution >= 0.6 is 0 Å². The molecule has 1 saturated heterocycles. The molecule has 0 unspecified atom stereocenters. The summed E-state index contributed by atoms with van der Waals surface area (Å²) in [6, 6.07) is 9.73. The second kappa shape index (κ2) is 7.86. The molecule has 0 radical (unpaired) electrons. The standard InChI is InChI=1S/C18H21FN4O/c19-15-7-5-14(6-8-15)13-20-17-10-9-16(21-22-17)18(24)23-11-3-1-2-4-12-23/h5-10H,1-4,11-13H2,(H,20,22). The van der Waals surface area contributed by atoms with Crippen molar-refractivity contribution in [3.05, 3.63) is 53.5 Å². The Morgan fingerprint density at radius 3 is 2.33 bits per heavy atom. The van der Waals surface area contributed by atoms with E-state index < -0.39 is 0 Å². The van der Waals surface area contributed by atoms with E-state index in [1.807, 2.05) is 4.90 Å². The molecule has 1 amide bonds. The number of halogens is 1. The first kappa shape index (κ1) is 16.4. The van der Waals surface area contributed by atoms with Crippen molar-refractivity contribution < 1.29 is 9.18 Å². The Balaban J connectivity index is 1.58. The van der Waals surface area contributed by atoms with Gasteiger partial charge >= 0.3 is 0 Å². The fourth-order valence-corrected chi connectivity index (χ4v) is 2.77. The fourth-order valence-electron chi connectivity index (χ4n) is 2.77. The van der Waals surface area contributed by atoms with Gasteiger partial charge in [0.25, 0.3) is 5.91 Å². The van der Waals surface area contributed by atoms with Crippen LogP contribution in [0.3, 0.4) is 0 Å². The van der Waals surface area contributed by atoms with Crippen molar-refractivity contribution in [2.45, 2.75) is 32.2 Å². The van der Waals surface area contributed by atoms with Crippen LogP contribution in [0.15, 0.2) is 36.4 Å². The lowest BCUT2D eigenvalue weighted by Gasteiger charge is -2.19. The predicted molar refractivity (Wildman–Crippen MR) is 90.1 cm³/mol. The largest absolute Gasteiger partial charge is 0.365 e. The van der Waals surface area contributed by atoms with Gasteiger partial charge in [-0.2, -0.15) is 0 Å². The predicted octanol–water partition coefficient (Wildman–Crippen LogP) is 3.24. The summed E-state index contributed by atoms with van der Waals surface area (Å²) >= 11 is 0. The average Bonchev–Trinajstić information content (AvgIpc) is 2.90. The van der Waals surface area contributed by atoms with Gasteiger partial charge in [0.15, 0.2) is 5.69 Å². The normalized spacial score (nSPS) is 15.0. The summed E-state index contributed by atoms with van der Waals surface area (Å²) in [5, 5.41) is 11.2. The number of amides is 1. The smallest absolute Gasteiger partial charge is 0.274 e. The highest BCUT2D eigenvalue weighted by molar-refractivity contribution is 5.92. The van der Waals surface area contributed by atoms with Crippen molar-refractivity contribution in [3.63, 3.8) is 0 Å². The minimum atomic E-state index is -0.255. The maximum atomic E-state index is 12.9. The third-order valence-corrected chi connectivity index (χ3v) is 4.16. The van der Waals surface area contributed by atoms with E-state index in [2.05, 4.69) is 15.5 Å². The van der Waals surface area contributed by atoms with Crippen LogP contribution in [0.5, 0.6) is 0 Å². The van der Waals surface area contributed by atoms with E-state index in [-0.39, 0.29) is 11.7 Å². The van der Waals surface area contributed by atoms with Crippen LogP contribution in [0.1, 0.15) is 41.7 Å². The summed E-state index contributed by atoms with van der Waals surface area (Å²) < 4.78 is 12.9. The Bertz CT molecular complexity index is 664. The molecule has 2 aromatic rings. The van der Waals surface area contributed by atoms with Gasteiger partial charge in [0.05, 0.1) is 0 Å². The first-order chi connectivity index (χ1) is 11.7. The topological polar surface area (TPSA) is 58.1 Å². The highest BCUT2D eigenvalue weighted by Gasteiger charge is 2.18. The molecular formula is C18H21FN4O. The van der Waals surface area contributed by atoms with E-state index in [1.54, 1.807) is 24.3 Å². The number of carbonyl (C=O) groups excluding carboxylic acids is 1. The van der Waals surface area contributed by atoms with E-state index in [9.17, 15) is 9.18 Å². The van der Waals surface area contributed by atoms with Gasteiger partial charge in [0, 0.05) is 19.6 Å². The van der Waals surface area contributed by atoms with Crippen LogP contribution in [0.25, 0.3) is 0 Å². The van der Waals surface area contributed by atoms with Gasteiger partial charge in [-0.05, 0) is 42.7 Å². The monoisotopic (exact) mass is 328 g/mol. The fraction of sp³-hybridized carbons (Fsp3) is 0.389. The van der Waals surface area contributed by atoms with Crippen LogP contribution in [-0.2, 0) is 6.54 Å². The number of aromatic nitrogens is 2. The second-order valence-corrected chi connectivity index (χ2v) is 5.99. The molecule has 0 bridgehead atoms. The number of rotatable bonds is 4. The number of hydrogen-bond donors (Lipinski definition) is 1. The zero-order valence-corrected chi connectivity index (χ0v) is 13.5. The van der Waals surface area contributed by atoms with Crippen LogP contribution in [-0.4, -0.2) is 34.1 Å². The summed E-state index contributed by atoms with van der Waals surface area (Å²) in [5.74, 6) is 0.288. The molecule has 0 saturated carbocycles. The molecule has 5 nitrogen and oxygen atoms in total. The number of anilines is 1. The summed E-state index contributed by atoms with van der Waals surface area (Å²) in [7, 11) is 0. The van der Waals surface area contributed by atoms with Gasteiger partial charge in [0.2, 0.25) is 0 Å². The number of hydrogen-bond acceptors (Lipinski definition) is 4. The minimum absolute atomic E-state index is 0.0468. The highest BCUT2D eigenvalue weighted by Crippen LogP contribution is 2.13. The van der Waals surface area contributed by atoms with E-state index in [0.29, 0.717) is 18.1 Å². The maximum Gasteiger partial charge on any atom is 0.274 e. The lowest BCUT2D eigenvalue weighted by atomic mass is 10.2. The van der Waals surface area contributed by atoms with Gasteiger partial charge in [0.1, 0.15) is 11.6 Å². The van der Waals surface area contributed by atoms with Crippen LogP contribution in [0.4, 0.5) is 10.2 Å². The van der Waals surface area contributed by atoms with Crippen molar-refractivity contribution in [2.75, 3.05) is 18.4 Å². The lowest BCUT2D eigenvalue weighted by Crippen LogP contribution is -2.32. The number of carbonyl (C=O) groups is 1. The number of benzene rings is 1. The van der Waals surface area contributed by atoms with Gasteiger partial charge in [-0.15, -0.1) is 10.2 Å². The second-order valence-electron chi connectivity index (χ2n) is 5.99. The molecule has 1 aromatic heterocycles. The first-order valence-electron chi connectivity index (χ1n) is 8.34. The summed E-state index contributed by atoms with van der Waals surface area (Å²) in [6.07, 6.45) is 4.47. The minimum Gasteiger partial charge on any atom is -0.365 e. The third-order valence-electron chi connectivity index (χ3n) is 4.16. The quantitative estimate of drug-likeness (QED) is 0.936. The lowest BCUT2D eigenvalue weighted by molar-refractivity contribution is 0.0754. The Hall–Kier alpha value is -2.50. The SMILES string of the molecule is O=C(c1ccc(NCc2ccc(F)cc2)nn1)N1CCCCCC1. The van der Waals surface area contributed by atoms with E-state index in [1.165, 1.54) is 25.0 Å². The first-order valence-corrected chi connectivity index (χ1v) is 8.34. The molecule has 3 rings (SSSR count). The molecular weight excluding hydrogens is 307 g/mol. The molecule has 1 N–H and O–H groups in total. The van der Waals surface area contributed by atoms with Crippen molar-refractivity contribution in [1.82, 2.24) is 15.1 Å². The average molecular weight is 328 g/mol. The molecule has 6 heteroatoms. The molecule has 24 heavy (non-hydrogen) atoms. The van der Waals surface area contributed by atoms with E-state index in [0.717, 1.165) is 31.5 Å². The third kappa shape index (κ3) is 4.28. The van der Waals surface area contributed by atoms with Gasteiger partial charge < -0.3 is 10.2 Å². The summed E-state index contributed by atoms with van der Waals surface area (Å²) in [5.41, 5.74) is 1.33. The zero-order chi connectivity index (χ0) is 16.8.